The molecule has 0 atom stereocenters. The van der Waals surface area contributed by atoms with Gasteiger partial charge in [0.05, 0.1) is 0 Å². The summed E-state index contributed by atoms with van der Waals surface area (Å²) in [6.45, 7) is 1.50. The van der Waals surface area contributed by atoms with E-state index in [4.69, 9.17) is 11.6 Å². The molecule has 4 nitrogen and oxygen atoms in total. The average Bonchev–Trinajstić information content (AvgIpc) is 2.26. The fourth-order valence-electron chi connectivity index (χ4n) is 1.59. The summed E-state index contributed by atoms with van der Waals surface area (Å²) in [6.07, 6.45) is 3.16. The average molecular weight is 236 g/mol. The summed E-state index contributed by atoms with van der Waals surface area (Å²) in [5, 5.41) is 4.88. The van der Waals surface area contributed by atoms with E-state index in [1.54, 1.807) is 25.5 Å². The van der Waals surface area contributed by atoms with Crippen LogP contribution in [0.25, 0.3) is 10.8 Å². The van der Waals surface area contributed by atoms with Crippen molar-refractivity contribution in [3.05, 3.63) is 29.2 Å². The first-order valence-electron chi connectivity index (χ1n) is 4.76. The van der Waals surface area contributed by atoms with Crippen molar-refractivity contribution < 1.29 is 4.79 Å². The van der Waals surface area contributed by atoms with Gasteiger partial charge < -0.3 is 5.32 Å². The number of anilines is 1. The third-order valence-electron chi connectivity index (χ3n) is 2.35. The van der Waals surface area contributed by atoms with Gasteiger partial charge in [-0.1, -0.05) is 11.6 Å². The highest BCUT2D eigenvalue weighted by molar-refractivity contribution is 6.30. The lowest BCUT2D eigenvalue weighted by Crippen LogP contribution is -2.00. The van der Waals surface area contributed by atoms with Crippen molar-refractivity contribution in [2.45, 2.75) is 6.92 Å². The van der Waals surface area contributed by atoms with Crippen molar-refractivity contribution >= 4 is 34.0 Å². The summed E-state index contributed by atoms with van der Waals surface area (Å²) in [7, 11) is 1.77. The Morgan fingerprint density at radius 2 is 2.06 bits per heavy atom. The maximum atomic E-state index is 11.4. The van der Waals surface area contributed by atoms with Gasteiger partial charge in [-0.05, 0) is 13.0 Å². The third-order valence-corrected chi connectivity index (χ3v) is 2.56. The maximum Gasteiger partial charge on any atom is 0.161 e. The summed E-state index contributed by atoms with van der Waals surface area (Å²) in [5.74, 6) is 0.645. The second-order valence-electron chi connectivity index (χ2n) is 3.38. The summed E-state index contributed by atoms with van der Waals surface area (Å²) in [4.78, 5) is 19.6. The van der Waals surface area contributed by atoms with E-state index in [-0.39, 0.29) is 5.78 Å². The van der Waals surface area contributed by atoms with Gasteiger partial charge in [0.25, 0.3) is 0 Å². The van der Waals surface area contributed by atoms with Gasteiger partial charge >= 0.3 is 0 Å². The van der Waals surface area contributed by atoms with Crippen molar-refractivity contribution in [1.29, 1.82) is 0 Å². The van der Waals surface area contributed by atoms with Gasteiger partial charge in [0.1, 0.15) is 11.0 Å². The Morgan fingerprint density at radius 3 is 2.69 bits per heavy atom. The number of nitrogens with zero attached hydrogens (tertiary/aromatic N) is 2. The maximum absolute atomic E-state index is 11.4. The standard InChI is InChI=1S/C11H10ClN3O/c1-6(16)8-4-15-11(13-2)9-5-14-10(12)3-7(8)9/h3-5H,1-2H3,(H,13,15). The number of pyridine rings is 2. The van der Waals surface area contributed by atoms with Crippen molar-refractivity contribution in [3.63, 3.8) is 0 Å². The molecule has 16 heavy (non-hydrogen) atoms. The first-order chi connectivity index (χ1) is 7.63. The fourth-order valence-corrected chi connectivity index (χ4v) is 1.75. The quantitative estimate of drug-likeness (QED) is 0.642. The highest BCUT2D eigenvalue weighted by Crippen LogP contribution is 2.25. The van der Waals surface area contributed by atoms with Crippen molar-refractivity contribution in [2.24, 2.45) is 0 Å². The minimum absolute atomic E-state index is 0.0394. The van der Waals surface area contributed by atoms with Crippen LogP contribution in [-0.4, -0.2) is 22.8 Å². The highest BCUT2D eigenvalue weighted by Gasteiger charge is 2.10. The van der Waals surface area contributed by atoms with Gasteiger partial charge in [-0.25, -0.2) is 9.97 Å². The lowest BCUT2D eigenvalue weighted by molar-refractivity contribution is 0.101. The number of fused-ring (bicyclic) bond motifs is 1. The number of ketones is 1. The van der Waals surface area contributed by atoms with Gasteiger partial charge in [0, 0.05) is 35.8 Å². The second-order valence-corrected chi connectivity index (χ2v) is 3.77. The van der Waals surface area contributed by atoms with E-state index in [0.29, 0.717) is 16.5 Å². The summed E-state index contributed by atoms with van der Waals surface area (Å²) in [5.41, 5.74) is 0.554. The Balaban J connectivity index is 2.85. The molecular formula is C11H10ClN3O. The monoisotopic (exact) mass is 235 g/mol. The first kappa shape index (κ1) is 10.8. The van der Waals surface area contributed by atoms with Crippen LogP contribution in [0.5, 0.6) is 0 Å². The van der Waals surface area contributed by atoms with Gasteiger partial charge in [-0.3, -0.25) is 4.79 Å². The van der Waals surface area contributed by atoms with Crippen LogP contribution in [0.1, 0.15) is 17.3 Å². The second kappa shape index (κ2) is 4.06. The van der Waals surface area contributed by atoms with Crippen LogP contribution in [0.2, 0.25) is 5.15 Å². The highest BCUT2D eigenvalue weighted by atomic mass is 35.5. The molecule has 0 bridgehead atoms. The molecule has 2 aromatic heterocycles. The van der Waals surface area contributed by atoms with E-state index < -0.39 is 0 Å². The van der Waals surface area contributed by atoms with Crippen molar-refractivity contribution in [1.82, 2.24) is 9.97 Å². The molecule has 0 saturated heterocycles. The predicted octanol–water partition coefficient (Wildman–Crippen LogP) is 2.53. The number of aromatic nitrogens is 2. The molecule has 0 aromatic carbocycles. The first-order valence-corrected chi connectivity index (χ1v) is 5.14. The number of carbonyl (C=O) groups excluding carboxylic acids is 1. The molecule has 2 heterocycles. The Kier molecular flexibility index (Phi) is 2.75. The molecule has 0 saturated carbocycles. The molecule has 82 valence electrons. The Bertz CT molecular complexity index is 568. The zero-order valence-electron chi connectivity index (χ0n) is 8.91. The molecule has 0 unspecified atom stereocenters. The summed E-state index contributed by atoms with van der Waals surface area (Å²) >= 11 is 5.83. The normalized spacial score (nSPS) is 10.4. The summed E-state index contributed by atoms with van der Waals surface area (Å²) < 4.78 is 0. The SMILES string of the molecule is CNc1ncc(C(C)=O)c2cc(Cl)ncc12. The lowest BCUT2D eigenvalue weighted by atomic mass is 10.1. The number of hydrogen-bond acceptors (Lipinski definition) is 4. The van der Waals surface area contributed by atoms with Crippen LogP contribution in [0.3, 0.4) is 0 Å². The van der Waals surface area contributed by atoms with Crippen LogP contribution >= 0.6 is 11.6 Å². The number of hydrogen-bond donors (Lipinski definition) is 1. The fraction of sp³-hybridized carbons (Fsp3) is 0.182. The molecule has 0 aliphatic rings. The van der Waals surface area contributed by atoms with Gasteiger partial charge in [0.2, 0.25) is 0 Å². The van der Waals surface area contributed by atoms with Crippen LogP contribution < -0.4 is 5.32 Å². The molecule has 5 heteroatoms. The van der Waals surface area contributed by atoms with Gasteiger partial charge in [0.15, 0.2) is 5.78 Å². The van der Waals surface area contributed by atoms with Crippen LogP contribution in [-0.2, 0) is 0 Å². The molecule has 0 amide bonds. The molecular weight excluding hydrogens is 226 g/mol. The number of Topliss-reactive ketones (excluding diaryl/α,β-unsaturated/α-hetero) is 1. The molecule has 0 aliphatic carbocycles. The van der Waals surface area contributed by atoms with Crippen molar-refractivity contribution in [2.75, 3.05) is 12.4 Å². The number of halogens is 1. The van der Waals surface area contributed by atoms with E-state index >= 15 is 0 Å². The lowest BCUT2D eigenvalue weighted by Gasteiger charge is -2.07. The molecule has 0 aliphatic heterocycles. The smallest absolute Gasteiger partial charge is 0.161 e. The van der Waals surface area contributed by atoms with E-state index in [2.05, 4.69) is 15.3 Å². The molecule has 2 aromatic rings. The van der Waals surface area contributed by atoms with Gasteiger partial charge in [-0.15, -0.1) is 0 Å². The van der Waals surface area contributed by atoms with Crippen LogP contribution in [0.4, 0.5) is 5.82 Å². The number of carbonyl (C=O) groups is 1. The number of nitrogens with one attached hydrogen (secondary N) is 1. The topological polar surface area (TPSA) is 54.9 Å². The van der Waals surface area contributed by atoms with E-state index in [1.165, 1.54) is 6.92 Å². The van der Waals surface area contributed by atoms with Crippen molar-refractivity contribution in [3.8, 4) is 0 Å². The van der Waals surface area contributed by atoms with E-state index in [9.17, 15) is 4.79 Å². The minimum atomic E-state index is -0.0394. The Labute approximate surface area is 97.7 Å². The largest absolute Gasteiger partial charge is 0.373 e. The zero-order chi connectivity index (χ0) is 11.7. The predicted molar refractivity (Wildman–Crippen MR) is 64.1 cm³/mol. The zero-order valence-corrected chi connectivity index (χ0v) is 9.67. The Morgan fingerprint density at radius 1 is 1.31 bits per heavy atom. The molecule has 0 spiro atoms. The minimum Gasteiger partial charge on any atom is -0.373 e. The van der Waals surface area contributed by atoms with Crippen LogP contribution in [0.15, 0.2) is 18.5 Å². The van der Waals surface area contributed by atoms with E-state index in [1.807, 2.05) is 0 Å². The molecule has 0 radical (unpaired) electrons. The third kappa shape index (κ3) is 1.72. The Hall–Kier alpha value is -1.68. The number of rotatable bonds is 2. The molecule has 0 fully saturated rings. The van der Waals surface area contributed by atoms with Gasteiger partial charge in [-0.2, -0.15) is 0 Å². The van der Waals surface area contributed by atoms with Crippen LogP contribution in [0, 0.1) is 0 Å². The molecule has 1 N–H and O–H groups in total. The van der Waals surface area contributed by atoms with E-state index in [0.717, 1.165) is 10.8 Å². The summed E-state index contributed by atoms with van der Waals surface area (Å²) in [6, 6.07) is 1.68. The molecule has 2 rings (SSSR count).